The van der Waals surface area contributed by atoms with Crippen molar-refractivity contribution in [3.63, 3.8) is 0 Å². The predicted octanol–water partition coefficient (Wildman–Crippen LogP) is 4.33. The molecular weight excluding hydrogens is 458 g/mol. The van der Waals surface area contributed by atoms with Gasteiger partial charge in [-0.05, 0) is 50.5 Å². The summed E-state index contributed by atoms with van der Waals surface area (Å²) >= 11 is 6.50. The van der Waals surface area contributed by atoms with Crippen molar-refractivity contribution in [3.05, 3.63) is 51.6 Å². The maximum Gasteiger partial charge on any atom is 0.340 e. The smallest absolute Gasteiger partial charge is 0.340 e. The number of benzene rings is 1. The monoisotopic (exact) mass is 485 g/mol. The Hall–Kier alpha value is -3.17. The summed E-state index contributed by atoms with van der Waals surface area (Å²) in [7, 11) is 1.53. The number of nitrogens with zero attached hydrogens (tertiary/aromatic N) is 3. The normalized spacial score (nSPS) is 13.3. The maximum absolute atomic E-state index is 13.1. The summed E-state index contributed by atoms with van der Waals surface area (Å²) < 4.78 is 12.2. The summed E-state index contributed by atoms with van der Waals surface area (Å²) in [5, 5.41) is 12.2. The van der Waals surface area contributed by atoms with Crippen LogP contribution in [0.15, 0.2) is 18.2 Å². The molecule has 1 amide bonds. The van der Waals surface area contributed by atoms with Gasteiger partial charge in [-0.2, -0.15) is 0 Å². The largest absolute Gasteiger partial charge is 0.460 e. The topological polar surface area (TPSA) is 111 Å². The number of nitrogens with one attached hydrogen (secondary N) is 2. The number of esters is 1. The van der Waals surface area contributed by atoms with Crippen LogP contribution in [-0.4, -0.2) is 51.9 Å². The van der Waals surface area contributed by atoms with Gasteiger partial charge in [-0.15, -0.1) is 10.2 Å². The molecule has 0 bridgehead atoms. The zero-order valence-corrected chi connectivity index (χ0v) is 20.3. The Morgan fingerprint density at radius 1 is 1.18 bits per heavy atom. The summed E-state index contributed by atoms with van der Waals surface area (Å²) in [6.07, 6.45) is 4.21. The van der Waals surface area contributed by atoms with Gasteiger partial charge in [0.25, 0.3) is 5.91 Å². The van der Waals surface area contributed by atoms with E-state index in [9.17, 15) is 9.59 Å². The van der Waals surface area contributed by atoms with E-state index in [0.717, 1.165) is 38.1 Å². The zero-order valence-electron chi connectivity index (χ0n) is 19.5. The summed E-state index contributed by atoms with van der Waals surface area (Å²) in [6, 6.07) is 5.26. The van der Waals surface area contributed by atoms with Crippen molar-refractivity contribution in [3.8, 4) is 11.4 Å². The molecule has 4 rings (SSSR count). The van der Waals surface area contributed by atoms with Crippen LogP contribution in [0.25, 0.3) is 11.4 Å². The molecule has 1 aliphatic heterocycles. The van der Waals surface area contributed by atoms with Crippen LogP contribution in [0.3, 0.4) is 0 Å². The fourth-order valence-electron chi connectivity index (χ4n) is 4.23. The van der Waals surface area contributed by atoms with E-state index in [4.69, 9.17) is 21.1 Å². The highest BCUT2D eigenvalue weighted by Gasteiger charge is 2.24. The number of aromatic amines is 1. The average Bonchev–Trinajstić information content (AvgIpc) is 3.25. The number of aromatic nitrogens is 4. The van der Waals surface area contributed by atoms with Crippen molar-refractivity contribution in [1.82, 2.24) is 19.7 Å². The van der Waals surface area contributed by atoms with Crippen molar-refractivity contribution in [2.75, 3.05) is 25.6 Å². The number of anilines is 1. The first kappa shape index (κ1) is 24.0. The van der Waals surface area contributed by atoms with Gasteiger partial charge in [-0.1, -0.05) is 18.0 Å². The van der Waals surface area contributed by atoms with Crippen LogP contribution in [0, 0.1) is 13.8 Å². The lowest BCUT2D eigenvalue weighted by molar-refractivity contribution is 0.0387. The van der Waals surface area contributed by atoms with E-state index < -0.39 is 5.97 Å². The maximum atomic E-state index is 13.1. The van der Waals surface area contributed by atoms with Crippen LogP contribution in [-0.2, 0) is 22.4 Å². The first-order valence-corrected chi connectivity index (χ1v) is 11.7. The van der Waals surface area contributed by atoms with Crippen LogP contribution in [0.4, 0.5) is 5.69 Å². The minimum atomic E-state index is -0.497. The van der Waals surface area contributed by atoms with E-state index in [-0.39, 0.29) is 12.5 Å². The van der Waals surface area contributed by atoms with Crippen molar-refractivity contribution >= 4 is 29.2 Å². The molecule has 0 aliphatic carbocycles. The predicted molar refractivity (Wildman–Crippen MR) is 128 cm³/mol. The Labute approximate surface area is 202 Å². The first-order chi connectivity index (χ1) is 16.4. The lowest BCUT2D eigenvalue weighted by Gasteiger charge is -2.11. The minimum absolute atomic E-state index is 0.140. The Kier molecular flexibility index (Phi) is 7.33. The Bertz CT molecular complexity index is 1220. The number of amides is 1. The average molecular weight is 486 g/mol. The van der Waals surface area contributed by atoms with Crippen molar-refractivity contribution in [2.45, 2.75) is 46.1 Å². The molecule has 0 fully saturated rings. The fourth-order valence-corrected chi connectivity index (χ4v) is 4.43. The number of aryl methyl sites for hydroxylation is 2. The summed E-state index contributed by atoms with van der Waals surface area (Å²) in [4.78, 5) is 28.5. The number of H-pyrrole nitrogens is 1. The quantitative estimate of drug-likeness (QED) is 0.380. The van der Waals surface area contributed by atoms with Gasteiger partial charge in [0.2, 0.25) is 0 Å². The Morgan fingerprint density at radius 3 is 2.79 bits per heavy atom. The molecular formula is C24H28ClN5O4. The molecule has 2 aromatic heterocycles. The van der Waals surface area contributed by atoms with E-state index in [1.54, 1.807) is 32.0 Å². The standard InChI is InChI=1S/C24H28ClN5O4/c1-14-20(24(32)34-12-11-33-3)15(2)26-21(14)23(31)27-16-8-9-18(25)17(13-16)22-29-28-19-7-5-4-6-10-30(19)22/h8-9,13,26H,4-7,10-12H2,1-3H3,(H,27,31). The number of halogens is 1. The third kappa shape index (κ3) is 4.85. The van der Waals surface area contributed by atoms with E-state index >= 15 is 0 Å². The van der Waals surface area contributed by atoms with Crippen molar-refractivity contribution < 1.29 is 19.1 Å². The second kappa shape index (κ2) is 10.4. The van der Waals surface area contributed by atoms with Crippen LogP contribution in [0.5, 0.6) is 0 Å². The molecule has 9 nitrogen and oxygen atoms in total. The summed E-state index contributed by atoms with van der Waals surface area (Å²) in [5.41, 5.74) is 3.00. The molecule has 1 aliphatic rings. The molecule has 0 unspecified atom stereocenters. The highest BCUT2D eigenvalue weighted by Crippen LogP contribution is 2.31. The van der Waals surface area contributed by atoms with Gasteiger partial charge in [-0.25, -0.2) is 4.79 Å². The number of fused-ring (bicyclic) bond motifs is 1. The highest BCUT2D eigenvalue weighted by atomic mass is 35.5. The molecule has 0 saturated heterocycles. The molecule has 0 atom stereocenters. The van der Waals surface area contributed by atoms with Crippen LogP contribution < -0.4 is 5.32 Å². The van der Waals surface area contributed by atoms with Gasteiger partial charge < -0.3 is 24.3 Å². The highest BCUT2D eigenvalue weighted by molar-refractivity contribution is 6.33. The second-order valence-corrected chi connectivity index (χ2v) is 8.71. The Morgan fingerprint density at radius 2 is 2.00 bits per heavy atom. The SMILES string of the molecule is COCCOC(=O)c1c(C)[nH]c(C(=O)Nc2ccc(Cl)c(-c3nnc4n3CCCCC4)c2)c1C. The first-order valence-electron chi connectivity index (χ1n) is 11.3. The molecule has 10 heteroatoms. The molecule has 3 aromatic rings. The summed E-state index contributed by atoms with van der Waals surface area (Å²) in [6.45, 7) is 4.73. The molecule has 1 aromatic carbocycles. The number of rotatable bonds is 7. The number of hydrogen-bond donors (Lipinski definition) is 2. The molecule has 0 radical (unpaired) electrons. The Balaban J connectivity index is 1.57. The summed E-state index contributed by atoms with van der Waals surface area (Å²) in [5.74, 6) is 0.792. The van der Waals surface area contributed by atoms with Gasteiger partial charge in [0.15, 0.2) is 5.82 Å². The van der Waals surface area contributed by atoms with Gasteiger partial charge >= 0.3 is 5.97 Å². The number of carbonyl (C=O) groups excluding carboxylic acids is 2. The molecule has 34 heavy (non-hydrogen) atoms. The fraction of sp³-hybridized carbons (Fsp3) is 0.417. The van der Waals surface area contributed by atoms with E-state index in [1.807, 2.05) is 0 Å². The van der Waals surface area contributed by atoms with Crippen LogP contribution in [0.2, 0.25) is 5.02 Å². The number of hydrogen-bond acceptors (Lipinski definition) is 6. The van der Waals surface area contributed by atoms with E-state index in [2.05, 4.69) is 25.1 Å². The lowest BCUT2D eigenvalue weighted by atomic mass is 10.1. The molecule has 0 saturated carbocycles. The lowest BCUT2D eigenvalue weighted by Crippen LogP contribution is -2.15. The van der Waals surface area contributed by atoms with Gasteiger partial charge in [0, 0.05) is 37.0 Å². The van der Waals surface area contributed by atoms with Gasteiger partial charge in [-0.3, -0.25) is 4.79 Å². The van der Waals surface area contributed by atoms with Gasteiger partial charge in [0.05, 0.1) is 17.2 Å². The van der Waals surface area contributed by atoms with E-state index in [1.165, 1.54) is 7.11 Å². The van der Waals surface area contributed by atoms with Crippen molar-refractivity contribution in [2.24, 2.45) is 0 Å². The number of carbonyl (C=O) groups is 2. The second-order valence-electron chi connectivity index (χ2n) is 8.30. The minimum Gasteiger partial charge on any atom is -0.460 e. The number of ether oxygens (including phenoxy) is 2. The van der Waals surface area contributed by atoms with Crippen LogP contribution in [0.1, 0.15) is 57.2 Å². The third-order valence-corrected chi connectivity index (χ3v) is 6.29. The van der Waals surface area contributed by atoms with Crippen LogP contribution >= 0.6 is 11.6 Å². The third-order valence-electron chi connectivity index (χ3n) is 5.96. The van der Waals surface area contributed by atoms with Gasteiger partial charge in [0.1, 0.15) is 18.1 Å². The number of methoxy groups -OCH3 is 1. The molecule has 2 N–H and O–H groups in total. The molecule has 180 valence electrons. The van der Waals surface area contributed by atoms with Crippen molar-refractivity contribution in [1.29, 1.82) is 0 Å². The molecule has 3 heterocycles. The zero-order chi connectivity index (χ0) is 24.2. The molecule has 0 spiro atoms. The van der Waals surface area contributed by atoms with E-state index in [0.29, 0.717) is 51.2 Å².